The first-order chi connectivity index (χ1) is 15.5. The molecule has 6 atom stereocenters. The van der Waals surface area contributed by atoms with Crippen LogP contribution in [-0.4, -0.2) is 30.6 Å². The Bertz CT molecular complexity index is 1020. The van der Waals surface area contributed by atoms with Crippen molar-refractivity contribution in [2.24, 2.45) is 22.2 Å². The molecule has 0 aliphatic heterocycles. The zero-order valence-corrected chi connectivity index (χ0v) is 19.5. The minimum absolute atomic E-state index is 0.00341. The summed E-state index contributed by atoms with van der Waals surface area (Å²) in [4.78, 5) is 4.83. The fourth-order valence-electron chi connectivity index (χ4n) is 6.81. The number of fused-ring (bicyclic) bond motifs is 5. The van der Waals surface area contributed by atoms with Gasteiger partial charge in [-0.05, 0) is 97.1 Å². The van der Waals surface area contributed by atoms with Gasteiger partial charge in [0.15, 0.2) is 0 Å². The first kappa shape index (κ1) is 21.5. The van der Waals surface area contributed by atoms with Crippen molar-refractivity contribution in [1.82, 2.24) is 0 Å². The molecule has 3 aliphatic rings. The third-order valence-electron chi connectivity index (χ3n) is 8.64. The second kappa shape index (κ2) is 8.51. The lowest BCUT2D eigenvalue weighted by atomic mass is 9.55. The van der Waals surface area contributed by atoms with E-state index in [0.29, 0.717) is 17.8 Å². The Kier molecular flexibility index (Phi) is 5.71. The first-order valence-electron chi connectivity index (χ1n) is 12.1. The summed E-state index contributed by atoms with van der Waals surface area (Å²) in [6.45, 7) is 4.42. The molecule has 1 N–H and O–H groups in total. The molecule has 0 aromatic heterocycles. The second-order valence-corrected chi connectivity index (χ2v) is 10.3. The van der Waals surface area contributed by atoms with Gasteiger partial charge in [-0.1, -0.05) is 48.9 Å². The van der Waals surface area contributed by atoms with E-state index in [9.17, 15) is 5.11 Å². The van der Waals surface area contributed by atoms with Crippen LogP contribution in [0.15, 0.2) is 53.5 Å². The molecular formula is C29H35NO2. The van der Waals surface area contributed by atoms with Crippen molar-refractivity contribution in [3.63, 3.8) is 0 Å². The third kappa shape index (κ3) is 3.71. The van der Waals surface area contributed by atoms with Crippen LogP contribution >= 0.6 is 0 Å². The Hall–Kier alpha value is -2.39. The van der Waals surface area contributed by atoms with Crippen LogP contribution < -0.4 is 4.74 Å². The smallest absolute Gasteiger partial charge is 0.119 e. The Labute approximate surface area is 192 Å². The van der Waals surface area contributed by atoms with E-state index in [1.165, 1.54) is 28.7 Å². The molecule has 168 valence electrons. The molecule has 0 saturated heterocycles. The molecule has 0 bridgehead atoms. The number of aliphatic hydroxyl groups excluding tert-OH is 1. The van der Waals surface area contributed by atoms with Crippen LogP contribution in [0.1, 0.15) is 60.8 Å². The molecule has 0 unspecified atom stereocenters. The zero-order valence-electron chi connectivity index (χ0n) is 19.5. The Morgan fingerprint density at radius 1 is 1.12 bits per heavy atom. The second-order valence-electron chi connectivity index (χ2n) is 10.3. The van der Waals surface area contributed by atoms with Crippen LogP contribution in [0.5, 0.6) is 5.75 Å². The summed E-state index contributed by atoms with van der Waals surface area (Å²) in [5, 5.41) is 11.3. The lowest BCUT2D eigenvalue weighted by Gasteiger charge is -2.50. The number of methoxy groups -OCH3 is 1. The quantitative estimate of drug-likeness (QED) is 0.607. The number of nitrogens with zero attached hydrogens (tertiary/aromatic N) is 1. The number of aliphatic hydroxyl groups is 1. The van der Waals surface area contributed by atoms with E-state index in [2.05, 4.69) is 62.4 Å². The number of rotatable bonds is 4. The van der Waals surface area contributed by atoms with Gasteiger partial charge in [-0.3, -0.25) is 4.99 Å². The molecule has 5 rings (SSSR count). The average Bonchev–Trinajstić information content (AvgIpc) is 3.07. The lowest BCUT2D eigenvalue weighted by Crippen LogP contribution is -2.44. The van der Waals surface area contributed by atoms with E-state index in [0.717, 1.165) is 31.4 Å². The Morgan fingerprint density at radius 2 is 1.94 bits per heavy atom. The van der Waals surface area contributed by atoms with Gasteiger partial charge in [-0.25, -0.2) is 0 Å². The van der Waals surface area contributed by atoms with Crippen LogP contribution in [0, 0.1) is 24.2 Å². The van der Waals surface area contributed by atoms with Crippen LogP contribution in [0.25, 0.3) is 6.08 Å². The van der Waals surface area contributed by atoms with Crippen molar-refractivity contribution < 1.29 is 9.84 Å². The summed E-state index contributed by atoms with van der Waals surface area (Å²) >= 11 is 0. The van der Waals surface area contributed by atoms with Gasteiger partial charge in [-0.15, -0.1) is 0 Å². The molecule has 3 aliphatic carbocycles. The summed E-state index contributed by atoms with van der Waals surface area (Å²) in [7, 11) is 1.75. The number of benzene rings is 2. The van der Waals surface area contributed by atoms with Crippen LogP contribution in [0.3, 0.4) is 0 Å². The molecule has 0 amide bonds. The van der Waals surface area contributed by atoms with E-state index < -0.39 is 0 Å². The molecule has 2 aromatic carbocycles. The van der Waals surface area contributed by atoms with Gasteiger partial charge in [0.05, 0.1) is 19.3 Å². The SMILES string of the molecule is COc1ccc2c(c1)CC[C@@H]1[C@@H]2CC[C@]2(C)[C@@H](O)[C@H](N=C/C=C/c3ccc(C)cc3)C[C@@H]12. The molecule has 2 aromatic rings. The third-order valence-corrected chi connectivity index (χ3v) is 8.64. The fourth-order valence-corrected chi connectivity index (χ4v) is 6.81. The topological polar surface area (TPSA) is 41.8 Å². The number of hydrogen-bond donors (Lipinski definition) is 1. The highest BCUT2D eigenvalue weighted by Crippen LogP contribution is 2.61. The van der Waals surface area contributed by atoms with Gasteiger partial charge in [0, 0.05) is 6.21 Å². The maximum atomic E-state index is 11.3. The molecule has 2 saturated carbocycles. The van der Waals surface area contributed by atoms with Gasteiger partial charge in [0.2, 0.25) is 0 Å². The van der Waals surface area contributed by atoms with Crippen molar-refractivity contribution in [1.29, 1.82) is 0 Å². The van der Waals surface area contributed by atoms with Gasteiger partial charge in [-0.2, -0.15) is 0 Å². The van der Waals surface area contributed by atoms with Crippen LogP contribution in [-0.2, 0) is 6.42 Å². The van der Waals surface area contributed by atoms with Crippen molar-refractivity contribution in [2.75, 3.05) is 7.11 Å². The summed E-state index contributed by atoms with van der Waals surface area (Å²) in [6.07, 6.45) is 11.2. The summed E-state index contributed by atoms with van der Waals surface area (Å²) in [5.41, 5.74) is 5.40. The average molecular weight is 430 g/mol. The molecule has 3 nitrogen and oxygen atoms in total. The monoisotopic (exact) mass is 429 g/mol. The standard InChI is InChI=1S/C29H35NO2/c1-19-6-8-20(9-7-19)5-4-16-30-27-18-26-25-12-10-21-17-22(32-3)11-13-23(21)24(25)14-15-29(26,2)28(27)31/h4-9,11,13,16-17,24-28,31H,10,12,14-15,18H2,1-3H3/b5-4+,30-16?/t24-,25-,26+,27-,28+,29+/m1/s1. The number of allylic oxidation sites excluding steroid dienone is 1. The summed E-state index contributed by atoms with van der Waals surface area (Å²) < 4.78 is 5.46. The number of hydrogen-bond acceptors (Lipinski definition) is 3. The van der Waals surface area contributed by atoms with Crippen molar-refractivity contribution in [3.8, 4) is 5.75 Å². The lowest BCUT2D eigenvalue weighted by molar-refractivity contribution is -0.0254. The van der Waals surface area contributed by atoms with Gasteiger partial charge >= 0.3 is 0 Å². The van der Waals surface area contributed by atoms with Gasteiger partial charge in [0.1, 0.15) is 5.75 Å². The van der Waals surface area contributed by atoms with E-state index in [-0.39, 0.29) is 17.6 Å². The highest BCUT2D eigenvalue weighted by Gasteiger charge is 2.57. The molecule has 0 radical (unpaired) electrons. The van der Waals surface area contributed by atoms with Gasteiger partial charge in [0.25, 0.3) is 0 Å². The molecule has 0 spiro atoms. The zero-order chi connectivity index (χ0) is 22.3. The minimum atomic E-state index is -0.352. The van der Waals surface area contributed by atoms with Crippen molar-refractivity contribution in [2.45, 2.75) is 64.0 Å². The number of aliphatic imine (C=N–C) groups is 1. The van der Waals surface area contributed by atoms with E-state index in [1.807, 2.05) is 12.3 Å². The van der Waals surface area contributed by atoms with Crippen LogP contribution in [0.4, 0.5) is 0 Å². The molecule has 3 heteroatoms. The molecule has 0 heterocycles. The predicted molar refractivity (Wildman–Crippen MR) is 131 cm³/mol. The summed E-state index contributed by atoms with van der Waals surface area (Å²) in [6, 6.07) is 15.1. The minimum Gasteiger partial charge on any atom is -0.497 e. The molecule has 32 heavy (non-hydrogen) atoms. The number of ether oxygens (including phenoxy) is 1. The predicted octanol–water partition coefficient (Wildman–Crippen LogP) is 5.98. The van der Waals surface area contributed by atoms with Crippen LogP contribution in [0.2, 0.25) is 0 Å². The van der Waals surface area contributed by atoms with E-state index in [4.69, 9.17) is 9.73 Å². The van der Waals surface area contributed by atoms with E-state index >= 15 is 0 Å². The maximum Gasteiger partial charge on any atom is 0.119 e. The number of aryl methyl sites for hydroxylation is 2. The normalized spacial score (nSPS) is 33.8. The largest absolute Gasteiger partial charge is 0.497 e. The summed E-state index contributed by atoms with van der Waals surface area (Å²) in [5.74, 6) is 2.76. The first-order valence-corrected chi connectivity index (χ1v) is 12.1. The maximum absolute atomic E-state index is 11.3. The Morgan fingerprint density at radius 3 is 2.72 bits per heavy atom. The molecule has 2 fully saturated rings. The van der Waals surface area contributed by atoms with E-state index in [1.54, 1.807) is 7.11 Å². The molecular weight excluding hydrogens is 394 g/mol. The fraction of sp³-hybridized carbons (Fsp3) is 0.483. The highest BCUT2D eigenvalue weighted by molar-refractivity contribution is 5.78. The highest BCUT2D eigenvalue weighted by atomic mass is 16.5. The van der Waals surface area contributed by atoms with Gasteiger partial charge < -0.3 is 9.84 Å². The Balaban J connectivity index is 1.32. The van der Waals surface area contributed by atoms with Crippen molar-refractivity contribution in [3.05, 3.63) is 70.8 Å². The van der Waals surface area contributed by atoms with Crippen molar-refractivity contribution >= 4 is 12.3 Å².